The molecule has 0 amide bonds. The van der Waals surface area contributed by atoms with Gasteiger partial charge in [-0.05, 0) is 6.92 Å². The largest absolute Gasteiger partial charge is 0.382 e. The van der Waals surface area contributed by atoms with Crippen molar-refractivity contribution in [3.63, 3.8) is 0 Å². The van der Waals surface area contributed by atoms with Gasteiger partial charge in [-0.1, -0.05) is 11.6 Å². The molecule has 0 radical (unpaired) electrons. The van der Waals surface area contributed by atoms with Crippen molar-refractivity contribution in [3.8, 4) is 0 Å². The second-order valence-electron chi connectivity index (χ2n) is 2.54. The Morgan fingerprint density at radius 3 is 2.71 bits per heavy atom. The Balaban J connectivity index is 3.20. The Morgan fingerprint density at radius 2 is 2.21 bits per heavy atom. The van der Waals surface area contributed by atoms with E-state index in [1.807, 2.05) is 6.92 Å². The number of nitrogens with zero attached hydrogens (tertiary/aromatic N) is 2. The third kappa shape index (κ3) is 2.33. The number of hydrogen-bond donors (Lipinski definition) is 2. The smallest absolute Gasteiger partial charge is 0.222 e. The quantitative estimate of drug-likeness (QED) is 0.759. The van der Waals surface area contributed by atoms with E-state index in [1.165, 1.54) is 6.26 Å². The zero-order valence-corrected chi connectivity index (χ0v) is 9.45. The average Bonchev–Trinajstić information content (AvgIpc) is 2.12. The molecular weight excluding hydrogens is 224 g/mol. The standard InChI is InChI=1S/C7H11ClN4OS/c1-3-10-6-4(8)5(9)11-7(12-6)14(2)13/h3H2,1-2H3,(H3,9,10,11,12). The van der Waals surface area contributed by atoms with Crippen molar-refractivity contribution in [2.75, 3.05) is 23.9 Å². The predicted octanol–water partition coefficient (Wildman–Crippen LogP) is 0.881. The lowest BCUT2D eigenvalue weighted by molar-refractivity contribution is 0.680. The zero-order valence-electron chi connectivity index (χ0n) is 7.87. The van der Waals surface area contributed by atoms with E-state index in [1.54, 1.807) is 0 Å². The van der Waals surface area contributed by atoms with Gasteiger partial charge in [-0.15, -0.1) is 0 Å². The maximum atomic E-state index is 11.1. The third-order valence-electron chi connectivity index (χ3n) is 1.46. The van der Waals surface area contributed by atoms with E-state index in [2.05, 4.69) is 15.3 Å². The molecule has 0 bridgehead atoms. The second-order valence-corrected chi connectivity index (χ2v) is 4.19. The molecule has 14 heavy (non-hydrogen) atoms. The number of anilines is 2. The number of nitrogens with one attached hydrogen (secondary N) is 1. The fourth-order valence-electron chi connectivity index (χ4n) is 0.856. The van der Waals surface area contributed by atoms with E-state index in [0.29, 0.717) is 12.4 Å². The van der Waals surface area contributed by atoms with E-state index in [-0.39, 0.29) is 16.0 Å². The molecule has 7 heteroatoms. The minimum Gasteiger partial charge on any atom is -0.382 e. The van der Waals surface area contributed by atoms with Crippen LogP contribution in [0, 0.1) is 0 Å². The lowest BCUT2D eigenvalue weighted by atomic mass is 10.5. The van der Waals surface area contributed by atoms with Crippen molar-refractivity contribution >= 4 is 34.0 Å². The predicted molar refractivity (Wildman–Crippen MR) is 58.0 cm³/mol. The first-order valence-corrected chi connectivity index (χ1v) is 5.90. The van der Waals surface area contributed by atoms with Gasteiger partial charge in [-0.25, -0.2) is 9.97 Å². The van der Waals surface area contributed by atoms with Crippen LogP contribution in [0.1, 0.15) is 6.92 Å². The second kappa shape index (κ2) is 4.56. The minimum atomic E-state index is -1.26. The SMILES string of the molecule is CCNc1nc(S(C)=O)nc(N)c1Cl. The van der Waals surface area contributed by atoms with Gasteiger partial charge >= 0.3 is 0 Å². The Kier molecular flexibility index (Phi) is 3.65. The summed E-state index contributed by atoms with van der Waals surface area (Å²) in [5.41, 5.74) is 5.53. The van der Waals surface area contributed by atoms with Gasteiger partial charge in [0.05, 0.1) is 10.8 Å². The number of rotatable bonds is 3. The molecule has 1 heterocycles. The van der Waals surface area contributed by atoms with Gasteiger partial charge in [0, 0.05) is 12.8 Å². The van der Waals surface area contributed by atoms with Gasteiger partial charge < -0.3 is 11.1 Å². The molecular formula is C7H11ClN4OS. The molecule has 0 saturated carbocycles. The van der Waals surface area contributed by atoms with Gasteiger partial charge in [0.25, 0.3) is 0 Å². The zero-order chi connectivity index (χ0) is 10.7. The first kappa shape index (κ1) is 11.2. The molecule has 0 aromatic carbocycles. The van der Waals surface area contributed by atoms with E-state index in [9.17, 15) is 4.21 Å². The lowest BCUT2D eigenvalue weighted by Gasteiger charge is -2.07. The molecule has 1 aromatic heterocycles. The van der Waals surface area contributed by atoms with Crippen molar-refractivity contribution in [2.24, 2.45) is 0 Å². The highest BCUT2D eigenvalue weighted by Gasteiger charge is 2.11. The fraction of sp³-hybridized carbons (Fsp3) is 0.429. The van der Waals surface area contributed by atoms with E-state index < -0.39 is 10.8 Å². The Hall–Kier alpha value is -0.880. The summed E-state index contributed by atoms with van der Waals surface area (Å²) in [6.45, 7) is 2.56. The summed E-state index contributed by atoms with van der Waals surface area (Å²) in [4.78, 5) is 7.80. The highest BCUT2D eigenvalue weighted by Crippen LogP contribution is 2.24. The van der Waals surface area contributed by atoms with Crippen LogP contribution in [0.2, 0.25) is 5.02 Å². The van der Waals surface area contributed by atoms with Crippen molar-refractivity contribution in [1.29, 1.82) is 0 Å². The Labute approximate surface area is 89.5 Å². The fourth-order valence-corrected chi connectivity index (χ4v) is 1.45. The van der Waals surface area contributed by atoms with Gasteiger partial charge in [0.15, 0.2) is 5.82 Å². The number of aromatic nitrogens is 2. The van der Waals surface area contributed by atoms with Crippen LogP contribution in [0.15, 0.2) is 5.16 Å². The molecule has 0 saturated heterocycles. The Bertz CT molecular complexity index is 371. The van der Waals surface area contributed by atoms with Crippen LogP contribution in [0.25, 0.3) is 0 Å². The molecule has 0 aliphatic carbocycles. The topological polar surface area (TPSA) is 80.9 Å². The first-order chi connectivity index (χ1) is 6.56. The first-order valence-electron chi connectivity index (χ1n) is 3.96. The summed E-state index contributed by atoms with van der Waals surface area (Å²) in [5, 5.41) is 3.36. The molecule has 78 valence electrons. The summed E-state index contributed by atoms with van der Waals surface area (Å²) in [6, 6.07) is 0. The van der Waals surface area contributed by atoms with Crippen molar-refractivity contribution in [3.05, 3.63) is 5.02 Å². The van der Waals surface area contributed by atoms with Crippen LogP contribution in [0.3, 0.4) is 0 Å². The monoisotopic (exact) mass is 234 g/mol. The van der Waals surface area contributed by atoms with E-state index >= 15 is 0 Å². The number of nitrogen functional groups attached to an aromatic ring is 1. The maximum absolute atomic E-state index is 11.1. The van der Waals surface area contributed by atoms with Crippen LogP contribution < -0.4 is 11.1 Å². The summed E-state index contributed by atoms with van der Waals surface area (Å²) in [6.07, 6.45) is 1.48. The molecule has 5 nitrogen and oxygen atoms in total. The average molecular weight is 235 g/mol. The van der Waals surface area contributed by atoms with Gasteiger partial charge in [-0.2, -0.15) is 0 Å². The molecule has 0 aliphatic heterocycles. The normalized spacial score (nSPS) is 12.5. The summed E-state index contributed by atoms with van der Waals surface area (Å²) >= 11 is 5.84. The van der Waals surface area contributed by atoms with Crippen LogP contribution >= 0.6 is 11.6 Å². The lowest BCUT2D eigenvalue weighted by Crippen LogP contribution is -2.08. The molecule has 1 unspecified atom stereocenters. The van der Waals surface area contributed by atoms with Crippen molar-refractivity contribution in [2.45, 2.75) is 12.1 Å². The van der Waals surface area contributed by atoms with Crippen LogP contribution in [0.5, 0.6) is 0 Å². The summed E-state index contributed by atoms with van der Waals surface area (Å²) in [7, 11) is -1.26. The van der Waals surface area contributed by atoms with Gasteiger partial charge in [0.1, 0.15) is 10.8 Å². The third-order valence-corrected chi connectivity index (χ3v) is 2.53. The van der Waals surface area contributed by atoms with Gasteiger partial charge in [-0.3, -0.25) is 4.21 Å². The summed E-state index contributed by atoms with van der Waals surface area (Å²) < 4.78 is 11.1. The van der Waals surface area contributed by atoms with Crippen LogP contribution in [-0.4, -0.2) is 27.0 Å². The van der Waals surface area contributed by atoms with Crippen LogP contribution in [0.4, 0.5) is 11.6 Å². The molecule has 1 atom stereocenters. The minimum absolute atomic E-state index is 0.141. The molecule has 1 rings (SSSR count). The van der Waals surface area contributed by atoms with Crippen molar-refractivity contribution in [1.82, 2.24) is 9.97 Å². The summed E-state index contributed by atoms with van der Waals surface area (Å²) in [5.74, 6) is 0.565. The highest BCUT2D eigenvalue weighted by atomic mass is 35.5. The maximum Gasteiger partial charge on any atom is 0.222 e. The molecule has 0 spiro atoms. The molecule has 3 N–H and O–H groups in total. The van der Waals surface area contributed by atoms with E-state index in [0.717, 1.165) is 0 Å². The van der Waals surface area contributed by atoms with Gasteiger partial charge in [0.2, 0.25) is 5.16 Å². The number of halogens is 1. The number of nitrogens with two attached hydrogens (primary N) is 1. The van der Waals surface area contributed by atoms with E-state index in [4.69, 9.17) is 17.3 Å². The number of hydrogen-bond acceptors (Lipinski definition) is 5. The molecule has 0 fully saturated rings. The molecule has 0 aliphatic rings. The Morgan fingerprint density at radius 1 is 1.57 bits per heavy atom. The highest BCUT2D eigenvalue weighted by molar-refractivity contribution is 7.84. The molecule has 1 aromatic rings. The van der Waals surface area contributed by atoms with Crippen molar-refractivity contribution < 1.29 is 4.21 Å². The van der Waals surface area contributed by atoms with Crippen LogP contribution in [-0.2, 0) is 10.8 Å².